The first kappa shape index (κ1) is 15.0. The number of halogens is 1. The zero-order valence-corrected chi connectivity index (χ0v) is 13.9. The van der Waals surface area contributed by atoms with Crippen molar-refractivity contribution in [3.63, 3.8) is 0 Å². The Kier molecular flexibility index (Phi) is 4.72. The van der Waals surface area contributed by atoms with Gasteiger partial charge < -0.3 is 0 Å². The van der Waals surface area contributed by atoms with E-state index in [9.17, 15) is 8.42 Å². The Bertz CT molecular complexity index is 522. The third kappa shape index (κ3) is 3.60. The highest BCUT2D eigenvalue weighted by atomic mass is 79.9. The van der Waals surface area contributed by atoms with Crippen molar-refractivity contribution in [3.8, 4) is 0 Å². The number of benzene rings is 1. The number of sulfone groups is 1. The van der Waals surface area contributed by atoms with Gasteiger partial charge in [-0.1, -0.05) is 54.0 Å². The van der Waals surface area contributed by atoms with Crippen molar-refractivity contribution >= 4 is 25.8 Å². The first-order chi connectivity index (χ1) is 8.93. The maximum absolute atomic E-state index is 11.5. The molecule has 0 amide bonds. The molecule has 1 heterocycles. The van der Waals surface area contributed by atoms with Gasteiger partial charge in [0.15, 0.2) is 9.84 Å². The van der Waals surface area contributed by atoms with E-state index in [0.29, 0.717) is 17.4 Å². The Morgan fingerprint density at radius 3 is 2.32 bits per heavy atom. The minimum absolute atomic E-state index is 0.149. The molecule has 3 atom stereocenters. The number of hydrogen-bond acceptors (Lipinski definition) is 2. The van der Waals surface area contributed by atoms with Gasteiger partial charge in [-0.2, -0.15) is 0 Å². The van der Waals surface area contributed by atoms with Crippen molar-refractivity contribution in [2.75, 3.05) is 11.5 Å². The van der Waals surface area contributed by atoms with Crippen LogP contribution in [0.2, 0.25) is 0 Å². The summed E-state index contributed by atoms with van der Waals surface area (Å²) in [7, 11) is -2.80. The van der Waals surface area contributed by atoms with Crippen molar-refractivity contribution in [1.82, 2.24) is 0 Å². The van der Waals surface area contributed by atoms with Crippen LogP contribution in [0.25, 0.3) is 0 Å². The lowest BCUT2D eigenvalue weighted by molar-refractivity contribution is 0.579. The fraction of sp³-hybridized carbons (Fsp3) is 0.600. The summed E-state index contributed by atoms with van der Waals surface area (Å²) in [4.78, 5) is 0.149. The Morgan fingerprint density at radius 1 is 1.26 bits per heavy atom. The Morgan fingerprint density at radius 2 is 1.84 bits per heavy atom. The van der Waals surface area contributed by atoms with Gasteiger partial charge in [0, 0.05) is 4.83 Å². The lowest BCUT2D eigenvalue weighted by atomic mass is 9.94. The zero-order valence-electron chi connectivity index (χ0n) is 11.5. The second-order valence-electron chi connectivity index (χ2n) is 5.54. The molecule has 0 saturated carbocycles. The van der Waals surface area contributed by atoms with E-state index in [-0.39, 0.29) is 10.7 Å². The van der Waals surface area contributed by atoms with Crippen LogP contribution in [0.3, 0.4) is 0 Å². The summed E-state index contributed by atoms with van der Waals surface area (Å²) in [6.07, 6.45) is 1.91. The summed E-state index contributed by atoms with van der Waals surface area (Å²) in [5, 5.41) is 0. The fourth-order valence-corrected chi connectivity index (χ4v) is 5.41. The highest BCUT2D eigenvalue weighted by Gasteiger charge is 2.33. The van der Waals surface area contributed by atoms with Gasteiger partial charge in [-0.3, -0.25) is 0 Å². The standard InChI is InChI=1S/C15H21BrO2S/c1-3-11(2)12-4-6-13(7-5-12)15(16)14-8-9-19(17,18)10-14/h4-7,11,14-15H,3,8-10H2,1-2H3. The first-order valence-corrected chi connectivity index (χ1v) is 9.61. The Hall–Kier alpha value is -0.350. The van der Waals surface area contributed by atoms with Crippen LogP contribution in [0.15, 0.2) is 24.3 Å². The largest absolute Gasteiger partial charge is 0.229 e. The van der Waals surface area contributed by atoms with Crippen molar-refractivity contribution in [2.24, 2.45) is 5.92 Å². The smallest absolute Gasteiger partial charge is 0.150 e. The molecule has 0 aromatic heterocycles. The molecule has 1 aliphatic rings. The van der Waals surface area contributed by atoms with Gasteiger partial charge >= 0.3 is 0 Å². The van der Waals surface area contributed by atoms with Gasteiger partial charge in [-0.25, -0.2) is 8.42 Å². The normalized spacial score (nSPS) is 25.1. The number of hydrogen-bond donors (Lipinski definition) is 0. The van der Waals surface area contributed by atoms with E-state index in [1.807, 2.05) is 0 Å². The number of rotatable bonds is 4. The van der Waals surface area contributed by atoms with Crippen LogP contribution in [0.4, 0.5) is 0 Å². The van der Waals surface area contributed by atoms with Crippen LogP contribution in [0, 0.1) is 5.92 Å². The van der Waals surface area contributed by atoms with Crippen LogP contribution < -0.4 is 0 Å². The van der Waals surface area contributed by atoms with Crippen LogP contribution >= 0.6 is 15.9 Å². The summed E-state index contributed by atoms with van der Waals surface area (Å²) in [5.41, 5.74) is 2.54. The quantitative estimate of drug-likeness (QED) is 0.771. The first-order valence-electron chi connectivity index (χ1n) is 6.87. The third-order valence-electron chi connectivity index (χ3n) is 4.12. The van der Waals surface area contributed by atoms with Crippen molar-refractivity contribution in [2.45, 2.75) is 37.4 Å². The molecule has 0 radical (unpaired) electrons. The van der Waals surface area contributed by atoms with Gasteiger partial charge in [0.25, 0.3) is 0 Å². The topological polar surface area (TPSA) is 34.1 Å². The molecule has 3 unspecified atom stereocenters. The molecule has 4 heteroatoms. The molecule has 0 aliphatic carbocycles. The molecular weight excluding hydrogens is 324 g/mol. The molecule has 0 N–H and O–H groups in total. The lowest BCUT2D eigenvalue weighted by Gasteiger charge is -2.17. The molecule has 2 nitrogen and oxygen atoms in total. The maximum Gasteiger partial charge on any atom is 0.150 e. The zero-order chi connectivity index (χ0) is 14.0. The van der Waals surface area contributed by atoms with Gasteiger partial charge in [0.05, 0.1) is 11.5 Å². The molecular formula is C15H21BrO2S. The van der Waals surface area contributed by atoms with Crippen molar-refractivity contribution < 1.29 is 8.42 Å². The average Bonchev–Trinajstić information content (AvgIpc) is 2.77. The Balaban J connectivity index is 2.10. The van der Waals surface area contributed by atoms with Crippen LogP contribution in [-0.4, -0.2) is 19.9 Å². The second kappa shape index (κ2) is 5.96. The van der Waals surface area contributed by atoms with Crippen molar-refractivity contribution in [1.29, 1.82) is 0 Å². The van der Waals surface area contributed by atoms with E-state index in [1.165, 1.54) is 11.1 Å². The van der Waals surface area contributed by atoms with E-state index in [0.717, 1.165) is 12.8 Å². The maximum atomic E-state index is 11.5. The molecule has 19 heavy (non-hydrogen) atoms. The van der Waals surface area contributed by atoms with Crippen LogP contribution in [0.1, 0.15) is 48.6 Å². The van der Waals surface area contributed by atoms with E-state index >= 15 is 0 Å². The van der Waals surface area contributed by atoms with Crippen molar-refractivity contribution in [3.05, 3.63) is 35.4 Å². The monoisotopic (exact) mass is 344 g/mol. The average molecular weight is 345 g/mol. The van der Waals surface area contributed by atoms with Gasteiger partial charge in [0.2, 0.25) is 0 Å². The predicted octanol–water partition coefficient (Wildman–Crippen LogP) is 4.07. The third-order valence-corrected chi connectivity index (χ3v) is 7.19. The van der Waals surface area contributed by atoms with Gasteiger partial charge in [-0.05, 0) is 35.8 Å². The minimum Gasteiger partial charge on any atom is -0.229 e. The van der Waals surface area contributed by atoms with E-state index in [4.69, 9.17) is 0 Å². The summed E-state index contributed by atoms with van der Waals surface area (Å²) in [6.45, 7) is 4.42. The second-order valence-corrected chi connectivity index (χ2v) is 8.76. The molecule has 106 valence electrons. The summed E-state index contributed by atoms with van der Waals surface area (Å²) in [5.74, 6) is 1.44. The SMILES string of the molecule is CCC(C)c1ccc(C(Br)C2CCS(=O)(=O)C2)cc1. The number of alkyl halides is 1. The van der Waals surface area contributed by atoms with Crippen LogP contribution in [0.5, 0.6) is 0 Å². The molecule has 1 aromatic carbocycles. The van der Waals surface area contributed by atoms with Gasteiger partial charge in [0.1, 0.15) is 0 Å². The molecule has 0 bridgehead atoms. The molecule has 1 aliphatic heterocycles. The molecule has 2 rings (SSSR count). The fourth-order valence-electron chi connectivity index (χ4n) is 2.57. The summed E-state index contributed by atoms with van der Waals surface area (Å²) < 4.78 is 23.1. The van der Waals surface area contributed by atoms with E-state index in [1.54, 1.807) is 0 Å². The van der Waals surface area contributed by atoms with E-state index in [2.05, 4.69) is 54.0 Å². The highest BCUT2D eigenvalue weighted by Crippen LogP contribution is 2.38. The highest BCUT2D eigenvalue weighted by molar-refractivity contribution is 9.09. The van der Waals surface area contributed by atoms with Crippen LogP contribution in [-0.2, 0) is 9.84 Å². The lowest BCUT2D eigenvalue weighted by Crippen LogP contribution is -2.10. The van der Waals surface area contributed by atoms with E-state index < -0.39 is 9.84 Å². The molecule has 1 fully saturated rings. The molecule has 1 aromatic rings. The Labute approximate surface area is 124 Å². The molecule has 0 spiro atoms. The molecule has 1 saturated heterocycles. The summed E-state index contributed by atoms with van der Waals surface area (Å²) in [6, 6.07) is 8.60. The summed E-state index contributed by atoms with van der Waals surface area (Å²) >= 11 is 3.68. The predicted molar refractivity (Wildman–Crippen MR) is 83.6 cm³/mol. The van der Waals surface area contributed by atoms with Gasteiger partial charge in [-0.15, -0.1) is 0 Å². The minimum atomic E-state index is -2.80.